The topological polar surface area (TPSA) is 51.1 Å². The van der Waals surface area contributed by atoms with Crippen LogP contribution in [-0.4, -0.2) is 35.7 Å². The highest BCUT2D eigenvalue weighted by atomic mass is 32.2. The summed E-state index contributed by atoms with van der Waals surface area (Å²) in [6, 6.07) is 15.7. The second-order valence-corrected chi connectivity index (χ2v) is 9.36. The second kappa shape index (κ2) is 10.8. The summed E-state index contributed by atoms with van der Waals surface area (Å²) in [4.78, 5) is 21.1. The molecule has 2 aliphatic rings. The van der Waals surface area contributed by atoms with Gasteiger partial charge >= 0.3 is 0 Å². The number of para-hydroxylation sites is 1. The zero-order chi connectivity index (χ0) is 23.2. The molecule has 172 valence electrons. The molecular weight excluding hydrogens is 432 g/mol. The summed E-state index contributed by atoms with van der Waals surface area (Å²) in [5.41, 5.74) is 1.74. The van der Waals surface area contributed by atoms with Crippen LogP contribution in [-0.2, 0) is 4.79 Å². The summed E-state index contributed by atoms with van der Waals surface area (Å²) in [6.45, 7) is 6.33. The van der Waals surface area contributed by atoms with Crippen molar-refractivity contribution in [3.05, 3.63) is 71.7 Å². The molecule has 5 nitrogen and oxygen atoms in total. The third kappa shape index (κ3) is 5.33. The number of amides is 1. The minimum Gasteiger partial charge on any atom is -0.493 e. The number of carbonyl (C=O) groups excluding carboxylic acids is 1. The zero-order valence-electron chi connectivity index (χ0n) is 19.2. The van der Waals surface area contributed by atoms with E-state index in [1.54, 1.807) is 13.2 Å². The average Bonchev–Trinajstić information content (AvgIpc) is 3.13. The van der Waals surface area contributed by atoms with Gasteiger partial charge in [0.05, 0.1) is 17.7 Å². The van der Waals surface area contributed by atoms with Crippen molar-refractivity contribution in [2.75, 3.05) is 13.7 Å². The molecule has 2 aromatic carbocycles. The monoisotopic (exact) mass is 462 g/mol. The quantitative estimate of drug-likeness (QED) is 0.351. The van der Waals surface area contributed by atoms with E-state index in [2.05, 4.69) is 13.5 Å². The van der Waals surface area contributed by atoms with Crippen LogP contribution in [0.5, 0.6) is 11.5 Å². The Balaban J connectivity index is 1.68. The lowest BCUT2D eigenvalue weighted by atomic mass is 9.85. The maximum absolute atomic E-state index is 13.6. The van der Waals surface area contributed by atoms with E-state index in [0.29, 0.717) is 28.9 Å². The number of aliphatic imine (C=N–C) groups is 1. The van der Waals surface area contributed by atoms with Gasteiger partial charge in [-0.05, 0) is 66.4 Å². The Morgan fingerprint density at radius 3 is 2.67 bits per heavy atom. The molecular formula is C27H30N2O3S. The standard InChI is InChI=1S/C27H30N2O3S/c1-4-16-32-23-15-14-20(17-24(23)31-3)18-25-26(30)29(22-13-9-8-10-19(22)2)27(33-25)28-21-11-6-5-7-12-21/h4-7,11-12,14-15,17-19,22H,1,8-10,13,16H2,2-3H3/b25-18-,28-27?/t19-,22-/m1/s1. The maximum Gasteiger partial charge on any atom is 0.267 e. The fourth-order valence-electron chi connectivity index (χ4n) is 4.34. The molecule has 1 aliphatic heterocycles. The molecule has 2 aromatic rings. The van der Waals surface area contributed by atoms with Crippen LogP contribution in [0.2, 0.25) is 0 Å². The van der Waals surface area contributed by atoms with Crippen molar-refractivity contribution in [3.63, 3.8) is 0 Å². The van der Waals surface area contributed by atoms with Gasteiger partial charge < -0.3 is 9.47 Å². The van der Waals surface area contributed by atoms with E-state index in [1.807, 2.05) is 59.5 Å². The van der Waals surface area contributed by atoms with Crippen molar-refractivity contribution >= 4 is 34.6 Å². The molecule has 1 heterocycles. The largest absolute Gasteiger partial charge is 0.493 e. The minimum absolute atomic E-state index is 0.0272. The molecule has 33 heavy (non-hydrogen) atoms. The Bertz CT molecular complexity index is 1060. The van der Waals surface area contributed by atoms with Gasteiger partial charge in [0.25, 0.3) is 5.91 Å². The Kier molecular flexibility index (Phi) is 7.55. The molecule has 0 radical (unpaired) electrons. The first kappa shape index (κ1) is 23.2. The highest BCUT2D eigenvalue weighted by Crippen LogP contribution is 2.40. The number of amidine groups is 1. The van der Waals surface area contributed by atoms with E-state index in [9.17, 15) is 4.79 Å². The van der Waals surface area contributed by atoms with Crippen molar-refractivity contribution < 1.29 is 14.3 Å². The van der Waals surface area contributed by atoms with E-state index < -0.39 is 0 Å². The summed E-state index contributed by atoms with van der Waals surface area (Å²) in [5, 5.41) is 0.758. The van der Waals surface area contributed by atoms with Crippen molar-refractivity contribution in [2.45, 2.75) is 38.6 Å². The molecule has 0 N–H and O–H groups in total. The third-order valence-corrected chi connectivity index (χ3v) is 7.04. The number of ether oxygens (including phenoxy) is 2. The smallest absolute Gasteiger partial charge is 0.267 e. The van der Waals surface area contributed by atoms with E-state index in [1.165, 1.54) is 18.2 Å². The normalized spacial score (nSPS) is 23.2. The van der Waals surface area contributed by atoms with Gasteiger partial charge in [0.2, 0.25) is 0 Å². The summed E-state index contributed by atoms with van der Waals surface area (Å²) < 4.78 is 11.1. The van der Waals surface area contributed by atoms with Crippen molar-refractivity contribution in [2.24, 2.45) is 10.9 Å². The van der Waals surface area contributed by atoms with Gasteiger partial charge in [-0.2, -0.15) is 0 Å². The van der Waals surface area contributed by atoms with Gasteiger partial charge in [-0.1, -0.05) is 56.7 Å². The fraction of sp³-hybridized carbons (Fsp3) is 0.333. The van der Waals surface area contributed by atoms with E-state index in [4.69, 9.17) is 14.5 Å². The van der Waals surface area contributed by atoms with Crippen LogP contribution in [0, 0.1) is 5.92 Å². The summed E-state index contributed by atoms with van der Waals surface area (Å²) >= 11 is 1.45. The molecule has 0 unspecified atom stereocenters. The minimum atomic E-state index is 0.0272. The van der Waals surface area contributed by atoms with Crippen LogP contribution in [0.4, 0.5) is 5.69 Å². The van der Waals surface area contributed by atoms with Crippen molar-refractivity contribution in [1.82, 2.24) is 4.90 Å². The highest BCUT2D eigenvalue weighted by molar-refractivity contribution is 8.18. The van der Waals surface area contributed by atoms with Crippen molar-refractivity contribution in [1.29, 1.82) is 0 Å². The molecule has 6 heteroatoms. The van der Waals surface area contributed by atoms with Crippen LogP contribution in [0.25, 0.3) is 6.08 Å². The van der Waals surface area contributed by atoms with Gasteiger partial charge in [0.15, 0.2) is 16.7 Å². The number of benzene rings is 2. The van der Waals surface area contributed by atoms with Crippen LogP contribution in [0.3, 0.4) is 0 Å². The lowest BCUT2D eigenvalue weighted by Gasteiger charge is -2.35. The zero-order valence-corrected chi connectivity index (χ0v) is 20.0. The lowest BCUT2D eigenvalue weighted by molar-refractivity contribution is -0.124. The third-order valence-electron chi connectivity index (χ3n) is 6.06. The van der Waals surface area contributed by atoms with E-state index in [-0.39, 0.29) is 11.9 Å². The second-order valence-electron chi connectivity index (χ2n) is 8.35. The van der Waals surface area contributed by atoms with Gasteiger partial charge in [0, 0.05) is 6.04 Å². The van der Waals surface area contributed by atoms with Crippen LogP contribution in [0.15, 0.2) is 71.1 Å². The molecule has 0 aromatic heterocycles. The Hall–Kier alpha value is -2.99. The average molecular weight is 463 g/mol. The first-order valence-electron chi connectivity index (χ1n) is 11.4. The molecule has 1 amide bonds. The Morgan fingerprint density at radius 2 is 1.94 bits per heavy atom. The number of thioether (sulfide) groups is 1. The number of carbonyl (C=O) groups is 1. The number of hydrogen-bond donors (Lipinski definition) is 0. The number of methoxy groups -OCH3 is 1. The Morgan fingerprint density at radius 1 is 1.15 bits per heavy atom. The number of hydrogen-bond acceptors (Lipinski definition) is 5. The van der Waals surface area contributed by atoms with Crippen LogP contribution >= 0.6 is 11.8 Å². The summed E-state index contributed by atoms with van der Waals surface area (Å²) in [5.74, 6) is 1.75. The SMILES string of the molecule is C=CCOc1ccc(/C=C2\SC(=Nc3ccccc3)N([C@@H]3CCCC[C@H]3C)C2=O)cc1OC. The molecule has 1 saturated carbocycles. The fourth-order valence-corrected chi connectivity index (χ4v) is 5.39. The maximum atomic E-state index is 13.6. The lowest BCUT2D eigenvalue weighted by Crippen LogP contribution is -2.44. The molecule has 4 rings (SSSR count). The predicted octanol–water partition coefficient (Wildman–Crippen LogP) is 6.44. The van der Waals surface area contributed by atoms with Crippen LogP contribution in [0.1, 0.15) is 38.2 Å². The highest BCUT2D eigenvalue weighted by Gasteiger charge is 2.41. The molecule has 0 spiro atoms. The summed E-state index contributed by atoms with van der Waals surface area (Å²) in [6.07, 6.45) is 8.13. The van der Waals surface area contributed by atoms with E-state index >= 15 is 0 Å². The molecule has 2 fully saturated rings. The van der Waals surface area contributed by atoms with Gasteiger partial charge in [-0.15, -0.1) is 0 Å². The van der Waals surface area contributed by atoms with Crippen LogP contribution < -0.4 is 9.47 Å². The summed E-state index contributed by atoms with van der Waals surface area (Å²) in [7, 11) is 1.61. The first-order chi connectivity index (χ1) is 16.1. The Labute approximate surface area is 200 Å². The van der Waals surface area contributed by atoms with E-state index in [0.717, 1.165) is 35.7 Å². The van der Waals surface area contributed by atoms with Gasteiger partial charge in [0.1, 0.15) is 6.61 Å². The predicted molar refractivity (Wildman–Crippen MR) is 136 cm³/mol. The van der Waals surface area contributed by atoms with Gasteiger partial charge in [-0.25, -0.2) is 4.99 Å². The van der Waals surface area contributed by atoms with Crippen molar-refractivity contribution in [3.8, 4) is 11.5 Å². The number of nitrogens with zero attached hydrogens (tertiary/aromatic N) is 2. The number of rotatable bonds is 7. The van der Waals surface area contributed by atoms with Gasteiger partial charge in [-0.3, -0.25) is 9.69 Å². The molecule has 2 atom stereocenters. The molecule has 0 bridgehead atoms. The first-order valence-corrected chi connectivity index (χ1v) is 12.2. The molecule has 1 saturated heterocycles. The molecule has 1 aliphatic carbocycles.